The summed E-state index contributed by atoms with van der Waals surface area (Å²) in [7, 11) is 0. The molecule has 0 spiro atoms. The lowest BCUT2D eigenvalue weighted by Crippen LogP contribution is -2.45. The van der Waals surface area contributed by atoms with Crippen LogP contribution in [0.2, 0.25) is 0 Å². The predicted molar refractivity (Wildman–Crippen MR) is 71.5 cm³/mol. The molecule has 2 amide bonds. The number of nitrogens with one attached hydrogen (secondary N) is 2. The minimum absolute atomic E-state index is 0.0155. The average molecular weight is 272 g/mol. The zero-order chi connectivity index (χ0) is 15.2. The summed E-state index contributed by atoms with van der Waals surface area (Å²) in [4.78, 5) is 34.0. The minimum atomic E-state index is -1.07. The molecule has 3 N–H and O–H groups in total. The van der Waals surface area contributed by atoms with Crippen molar-refractivity contribution < 1.29 is 19.5 Å². The van der Waals surface area contributed by atoms with E-state index in [1.807, 2.05) is 20.8 Å². The Morgan fingerprint density at radius 2 is 1.53 bits per heavy atom. The summed E-state index contributed by atoms with van der Waals surface area (Å²) in [6, 6.07) is -0.918. The predicted octanol–water partition coefficient (Wildman–Crippen LogP) is 0.907. The molecule has 0 aromatic rings. The van der Waals surface area contributed by atoms with Crippen LogP contribution in [0.15, 0.2) is 0 Å². The Labute approximate surface area is 113 Å². The van der Waals surface area contributed by atoms with E-state index in [4.69, 9.17) is 5.11 Å². The summed E-state index contributed by atoms with van der Waals surface area (Å²) < 4.78 is 0. The maximum absolute atomic E-state index is 11.6. The summed E-state index contributed by atoms with van der Waals surface area (Å²) in [6.07, 6.45) is 0.0337. The molecule has 0 fully saturated rings. The van der Waals surface area contributed by atoms with Crippen LogP contribution in [0.25, 0.3) is 0 Å². The third kappa shape index (κ3) is 8.18. The van der Waals surface area contributed by atoms with Crippen LogP contribution in [-0.4, -0.2) is 34.5 Å². The van der Waals surface area contributed by atoms with Crippen LogP contribution in [0.1, 0.15) is 47.5 Å². The highest BCUT2D eigenvalue weighted by Gasteiger charge is 2.23. The Hall–Kier alpha value is -1.59. The number of carboxylic acids is 1. The lowest BCUT2D eigenvalue weighted by atomic mass is 10.0. The molecule has 6 nitrogen and oxygen atoms in total. The first-order valence-electron chi connectivity index (χ1n) is 6.36. The van der Waals surface area contributed by atoms with Gasteiger partial charge in [-0.05, 0) is 26.7 Å². The van der Waals surface area contributed by atoms with Crippen LogP contribution < -0.4 is 10.6 Å². The highest BCUT2D eigenvalue weighted by molar-refractivity contribution is 5.87. The smallest absolute Gasteiger partial charge is 0.326 e. The van der Waals surface area contributed by atoms with Crippen LogP contribution in [0.5, 0.6) is 0 Å². The molecule has 0 saturated heterocycles. The van der Waals surface area contributed by atoms with Gasteiger partial charge >= 0.3 is 5.97 Å². The van der Waals surface area contributed by atoms with Gasteiger partial charge in [-0.2, -0.15) is 0 Å². The van der Waals surface area contributed by atoms with Crippen LogP contribution >= 0.6 is 0 Å². The number of carbonyl (C=O) groups excluding carboxylic acids is 2. The second-order valence-electron chi connectivity index (χ2n) is 5.93. The van der Waals surface area contributed by atoms with Crippen molar-refractivity contribution in [3.8, 4) is 0 Å². The first kappa shape index (κ1) is 17.4. The molecular formula is C13H24N2O4. The molecule has 1 atom stereocenters. The maximum Gasteiger partial charge on any atom is 0.326 e. The molecule has 0 rings (SSSR count). The number of carboxylic acid groups (broad SMARTS) is 1. The van der Waals surface area contributed by atoms with E-state index in [1.165, 1.54) is 0 Å². The van der Waals surface area contributed by atoms with Gasteiger partial charge in [0.2, 0.25) is 11.8 Å². The van der Waals surface area contributed by atoms with E-state index in [9.17, 15) is 14.4 Å². The van der Waals surface area contributed by atoms with Crippen molar-refractivity contribution in [2.45, 2.75) is 59.0 Å². The first-order chi connectivity index (χ1) is 8.53. The average Bonchev–Trinajstić information content (AvgIpc) is 2.19. The van der Waals surface area contributed by atoms with Crippen molar-refractivity contribution in [2.24, 2.45) is 5.92 Å². The summed E-state index contributed by atoms with van der Waals surface area (Å²) in [5.74, 6) is -1.92. The van der Waals surface area contributed by atoms with Gasteiger partial charge in [-0.15, -0.1) is 0 Å². The quantitative estimate of drug-likeness (QED) is 0.669. The SMILES string of the molecule is CC(C)C(NC(=O)CCC(=O)NC(C)(C)C)C(=O)O. The third-order valence-electron chi connectivity index (χ3n) is 2.34. The monoisotopic (exact) mass is 272 g/mol. The fourth-order valence-electron chi connectivity index (χ4n) is 1.47. The number of hydrogen-bond donors (Lipinski definition) is 3. The van der Waals surface area contributed by atoms with Crippen LogP contribution in [0, 0.1) is 5.92 Å². The number of hydrogen-bond acceptors (Lipinski definition) is 3. The Bertz CT molecular complexity index is 345. The Morgan fingerprint density at radius 1 is 1.05 bits per heavy atom. The first-order valence-corrected chi connectivity index (χ1v) is 6.36. The number of rotatable bonds is 6. The largest absolute Gasteiger partial charge is 0.480 e. The topological polar surface area (TPSA) is 95.5 Å². The van der Waals surface area contributed by atoms with Crippen molar-refractivity contribution in [3.63, 3.8) is 0 Å². The molecule has 19 heavy (non-hydrogen) atoms. The van der Waals surface area contributed by atoms with Crippen molar-refractivity contribution in [3.05, 3.63) is 0 Å². The number of amides is 2. The van der Waals surface area contributed by atoms with Gasteiger partial charge in [0, 0.05) is 18.4 Å². The fraction of sp³-hybridized carbons (Fsp3) is 0.769. The molecule has 0 aromatic heterocycles. The molecule has 110 valence electrons. The van der Waals surface area contributed by atoms with Gasteiger partial charge in [0.05, 0.1) is 0 Å². The van der Waals surface area contributed by atoms with Gasteiger partial charge in [0.1, 0.15) is 6.04 Å². The van der Waals surface area contributed by atoms with Gasteiger partial charge in [0.25, 0.3) is 0 Å². The standard InChI is InChI=1S/C13H24N2O4/c1-8(2)11(12(18)19)14-9(16)6-7-10(17)15-13(3,4)5/h8,11H,6-7H2,1-5H3,(H,14,16)(H,15,17)(H,18,19). The second kappa shape index (κ2) is 7.11. The highest BCUT2D eigenvalue weighted by Crippen LogP contribution is 2.04. The van der Waals surface area contributed by atoms with Gasteiger partial charge < -0.3 is 15.7 Å². The van der Waals surface area contributed by atoms with Crippen LogP contribution in [0.3, 0.4) is 0 Å². The van der Waals surface area contributed by atoms with Gasteiger partial charge in [-0.3, -0.25) is 9.59 Å². The van der Waals surface area contributed by atoms with E-state index in [0.717, 1.165) is 0 Å². The van der Waals surface area contributed by atoms with E-state index in [0.29, 0.717) is 0 Å². The summed E-state index contributed by atoms with van der Waals surface area (Å²) in [5.41, 5.74) is -0.338. The number of carbonyl (C=O) groups is 3. The Kier molecular flexibility index (Phi) is 6.52. The van der Waals surface area contributed by atoms with Crippen molar-refractivity contribution >= 4 is 17.8 Å². The molecule has 0 saturated carbocycles. The van der Waals surface area contributed by atoms with Gasteiger partial charge in [0.15, 0.2) is 0 Å². The molecule has 0 aliphatic carbocycles. The van der Waals surface area contributed by atoms with Crippen LogP contribution in [-0.2, 0) is 14.4 Å². The fourth-order valence-corrected chi connectivity index (χ4v) is 1.47. The molecule has 0 aliphatic heterocycles. The lowest BCUT2D eigenvalue weighted by Gasteiger charge is -2.21. The normalized spacial score (nSPS) is 12.9. The molecule has 0 bridgehead atoms. The molecule has 0 aromatic carbocycles. The third-order valence-corrected chi connectivity index (χ3v) is 2.34. The zero-order valence-electron chi connectivity index (χ0n) is 12.2. The zero-order valence-corrected chi connectivity index (χ0v) is 12.2. The molecular weight excluding hydrogens is 248 g/mol. The molecule has 0 heterocycles. The van der Waals surface area contributed by atoms with Crippen LogP contribution in [0.4, 0.5) is 0 Å². The molecule has 0 radical (unpaired) electrons. The van der Waals surface area contributed by atoms with Gasteiger partial charge in [-0.25, -0.2) is 4.79 Å². The van der Waals surface area contributed by atoms with Crippen molar-refractivity contribution in [1.29, 1.82) is 0 Å². The molecule has 6 heteroatoms. The van der Waals surface area contributed by atoms with E-state index in [1.54, 1.807) is 13.8 Å². The summed E-state index contributed by atoms with van der Waals surface area (Å²) in [5, 5.41) is 14.1. The Morgan fingerprint density at radius 3 is 1.89 bits per heavy atom. The van der Waals surface area contributed by atoms with E-state index < -0.39 is 17.9 Å². The lowest BCUT2D eigenvalue weighted by molar-refractivity contribution is -0.143. The Balaban J connectivity index is 4.19. The molecule has 0 aliphatic rings. The van der Waals surface area contributed by atoms with E-state index in [2.05, 4.69) is 10.6 Å². The van der Waals surface area contributed by atoms with Crippen molar-refractivity contribution in [1.82, 2.24) is 10.6 Å². The van der Waals surface area contributed by atoms with Crippen molar-refractivity contribution in [2.75, 3.05) is 0 Å². The van der Waals surface area contributed by atoms with E-state index >= 15 is 0 Å². The summed E-state index contributed by atoms with van der Waals surface area (Å²) in [6.45, 7) is 8.98. The highest BCUT2D eigenvalue weighted by atomic mass is 16.4. The van der Waals surface area contributed by atoms with Gasteiger partial charge in [-0.1, -0.05) is 13.8 Å². The summed E-state index contributed by atoms with van der Waals surface area (Å²) >= 11 is 0. The maximum atomic E-state index is 11.6. The minimum Gasteiger partial charge on any atom is -0.480 e. The van der Waals surface area contributed by atoms with E-state index in [-0.39, 0.29) is 30.2 Å². The second-order valence-corrected chi connectivity index (χ2v) is 5.93. The number of aliphatic carboxylic acids is 1. The molecule has 1 unspecified atom stereocenters.